The minimum atomic E-state index is -4.40. The van der Waals surface area contributed by atoms with Crippen LogP contribution in [0.1, 0.15) is 6.92 Å². The maximum atomic E-state index is 13.2. The Balaban J connectivity index is 3.00. The van der Waals surface area contributed by atoms with E-state index in [-0.39, 0.29) is 11.1 Å². The van der Waals surface area contributed by atoms with Crippen molar-refractivity contribution in [2.45, 2.75) is 13.0 Å². The number of benzene rings is 1. The van der Waals surface area contributed by atoms with Crippen LogP contribution in [-0.2, 0) is 9.53 Å². The Labute approximate surface area is 108 Å². The molecule has 0 unspecified atom stereocenters. The molecule has 0 spiro atoms. The van der Waals surface area contributed by atoms with Gasteiger partial charge in [0, 0.05) is 4.47 Å². The number of rotatable bonds is 4. The summed E-state index contributed by atoms with van der Waals surface area (Å²) in [6.45, 7) is 1.01. The van der Waals surface area contributed by atoms with Gasteiger partial charge < -0.3 is 9.47 Å². The van der Waals surface area contributed by atoms with E-state index in [1.54, 1.807) is 0 Å². The first-order valence-corrected chi connectivity index (χ1v) is 5.45. The molecule has 0 heterocycles. The molecule has 0 aliphatic carbocycles. The van der Waals surface area contributed by atoms with Crippen molar-refractivity contribution in [1.82, 2.24) is 0 Å². The summed E-state index contributed by atoms with van der Waals surface area (Å²) in [6.07, 6.45) is -4.40. The Hall–Kier alpha value is -1.31. The molecule has 0 saturated carbocycles. The first-order valence-electron chi connectivity index (χ1n) is 4.66. The predicted octanol–water partition coefficient (Wildman–Crippen LogP) is 3.26. The van der Waals surface area contributed by atoms with E-state index < -0.39 is 29.5 Å². The molecule has 100 valence electrons. The molecular weight excluding hydrogens is 324 g/mol. The topological polar surface area (TPSA) is 35.5 Å². The zero-order chi connectivity index (χ0) is 13.9. The molecule has 18 heavy (non-hydrogen) atoms. The van der Waals surface area contributed by atoms with Gasteiger partial charge in [0.2, 0.25) is 5.82 Å². The largest absolute Gasteiger partial charge is 0.502 e. The summed E-state index contributed by atoms with van der Waals surface area (Å²) in [5.41, 5.74) is 0. The van der Waals surface area contributed by atoms with Crippen LogP contribution in [0, 0.1) is 11.6 Å². The van der Waals surface area contributed by atoms with Crippen LogP contribution in [0.15, 0.2) is 16.6 Å². The van der Waals surface area contributed by atoms with Crippen LogP contribution in [0.25, 0.3) is 0 Å². The van der Waals surface area contributed by atoms with Crippen LogP contribution in [0.2, 0.25) is 0 Å². The highest BCUT2D eigenvalue weighted by molar-refractivity contribution is 9.10. The highest BCUT2D eigenvalue weighted by Crippen LogP contribution is 2.30. The van der Waals surface area contributed by atoms with E-state index >= 15 is 0 Å². The molecule has 0 bridgehead atoms. The third kappa shape index (κ3) is 3.34. The van der Waals surface area contributed by atoms with Gasteiger partial charge in [-0.15, -0.1) is 0 Å². The van der Waals surface area contributed by atoms with Gasteiger partial charge in [-0.2, -0.15) is 13.2 Å². The summed E-state index contributed by atoms with van der Waals surface area (Å²) in [5, 5.41) is 0. The number of alkyl halides is 2. The molecule has 0 saturated heterocycles. The molecule has 0 radical (unpaired) electrons. The zero-order valence-corrected chi connectivity index (χ0v) is 10.6. The average Bonchev–Trinajstić information content (AvgIpc) is 2.25. The summed E-state index contributed by atoms with van der Waals surface area (Å²) in [7, 11) is 0. The number of carbonyl (C=O) groups is 1. The summed E-state index contributed by atoms with van der Waals surface area (Å²) in [6, 6.07) is 1.50. The fourth-order valence-corrected chi connectivity index (χ4v) is 1.41. The number of esters is 1. The second kappa shape index (κ2) is 5.55. The highest BCUT2D eigenvalue weighted by atomic mass is 79.9. The summed E-state index contributed by atoms with van der Waals surface area (Å²) < 4.78 is 60.2. The number of halogens is 5. The Kier molecular flexibility index (Phi) is 4.55. The van der Waals surface area contributed by atoms with Crippen LogP contribution in [0.3, 0.4) is 0 Å². The van der Waals surface area contributed by atoms with Crippen molar-refractivity contribution >= 4 is 21.9 Å². The fourth-order valence-electron chi connectivity index (χ4n) is 1.00. The molecule has 1 rings (SSSR count). The van der Waals surface area contributed by atoms with E-state index in [2.05, 4.69) is 25.4 Å². The van der Waals surface area contributed by atoms with Crippen molar-refractivity contribution in [3.8, 4) is 5.75 Å². The fraction of sp³-hybridized carbons (Fsp3) is 0.300. The van der Waals surface area contributed by atoms with Crippen LogP contribution in [0.4, 0.5) is 17.6 Å². The van der Waals surface area contributed by atoms with Gasteiger partial charge in [-0.25, -0.2) is 9.18 Å². The summed E-state index contributed by atoms with van der Waals surface area (Å²) >= 11 is 2.77. The SMILES string of the molecule is CCOC(=O)C(F)(F)Oc1cc(Br)cc(F)c1F. The lowest BCUT2D eigenvalue weighted by molar-refractivity contribution is -0.217. The van der Waals surface area contributed by atoms with Crippen LogP contribution >= 0.6 is 15.9 Å². The number of hydrogen-bond acceptors (Lipinski definition) is 3. The second-order valence-corrected chi connectivity index (χ2v) is 3.95. The number of ether oxygens (including phenoxy) is 2. The maximum Gasteiger partial charge on any atom is 0.502 e. The number of carbonyl (C=O) groups excluding carboxylic acids is 1. The van der Waals surface area contributed by atoms with Crippen molar-refractivity contribution in [3.63, 3.8) is 0 Å². The molecule has 0 atom stereocenters. The highest BCUT2D eigenvalue weighted by Gasteiger charge is 2.45. The Morgan fingerprint density at radius 2 is 2.00 bits per heavy atom. The lowest BCUT2D eigenvalue weighted by atomic mass is 10.3. The number of hydrogen-bond donors (Lipinski definition) is 0. The lowest BCUT2D eigenvalue weighted by Gasteiger charge is -2.16. The van der Waals surface area contributed by atoms with Gasteiger partial charge in [-0.05, 0) is 19.1 Å². The van der Waals surface area contributed by atoms with Gasteiger partial charge in [-0.3, -0.25) is 0 Å². The minimum absolute atomic E-state index is 0.0175. The third-order valence-corrected chi connectivity index (χ3v) is 2.17. The van der Waals surface area contributed by atoms with Gasteiger partial charge in [0.15, 0.2) is 11.6 Å². The summed E-state index contributed by atoms with van der Waals surface area (Å²) in [5.74, 6) is -6.09. The van der Waals surface area contributed by atoms with Gasteiger partial charge in [0.25, 0.3) is 0 Å². The molecule has 0 aliphatic rings. The van der Waals surface area contributed by atoms with E-state index in [0.717, 1.165) is 12.1 Å². The van der Waals surface area contributed by atoms with E-state index in [1.165, 1.54) is 6.92 Å². The molecule has 0 amide bonds. The van der Waals surface area contributed by atoms with Crippen LogP contribution in [-0.4, -0.2) is 18.7 Å². The molecule has 8 heteroatoms. The Bertz CT molecular complexity index is 465. The lowest BCUT2D eigenvalue weighted by Crippen LogP contribution is -2.37. The normalized spacial score (nSPS) is 11.2. The van der Waals surface area contributed by atoms with Crippen LogP contribution < -0.4 is 4.74 Å². The van der Waals surface area contributed by atoms with E-state index in [9.17, 15) is 22.4 Å². The van der Waals surface area contributed by atoms with Crippen molar-refractivity contribution < 1.29 is 31.8 Å². The van der Waals surface area contributed by atoms with E-state index in [0.29, 0.717) is 0 Å². The third-order valence-electron chi connectivity index (χ3n) is 1.71. The van der Waals surface area contributed by atoms with Crippen molar-refractivity contribution in [2.24, 2.45) is 0 Å². The second-order valence-electron chi connectivity index (χ2n) is 3.04. The smallest absolute Gasteiger partial charge is 0.459 e. The minimum Gasteiger partial charge on any atom is -0.459 e. The summed E-state index contributed by atoms with van der Waals surface area (Å²) in [4.78, 5) is 10.8. The van der Waals surface area contributed by atoms with Crippen LogP contribution in [0.5, 0.6) is 5.75 Å². The van der Waals surface area contributed by atoms with Crippen molar-refractivity contribution in [2.75, 3.05) is 6.61 Å². The molecule has 0 aliphatic heterocycles. The molecule has 0 N–H and O–H groups in total. The van der Waals surface area contributed by atoms with Gasteiger partial charge in [0.05, 0.1) is 6.61 Å². The average molecular weight is 331 g/mol. The zero-order valence-electron chi connectivity index (χ0n) is 8.98. The molecule has 0 aromatic heterocycles. The quantitative estimate of drug-likeness (QED) is 0.483. The van der Waals surface area contributed by atoms with Gasteiger partial charge >= 0.3 is 12.1 Å². The molecular formula is C10H7BrF4O3. The monoisotopic (exact) mass is 330 g/mol. The Morgan fingerprint density at radius 3 is 2.56 bits per heavy atom. The molecule has 3 nitrogen and oxygen atoms in total. The Morgan fingerprint density at radius 1 is 1.39 bits per heavy atom. The van der Waals surface area contributed by atoms with Gasteiger partial charge in [0.1, 0.15) is 0 Å². The first kappa shape index (κ1) is 14.7. The maximum absolute atomic E-state index is 13.2. The molecule has 1 aromatic rings. The molecule has 0 fully saturated rings. The standard InChI is InChI=1S/C10H7BrF4O3/c1-2-17-9(16)10(14,15)18-7-4-5(11)3-6(12)8(7)13/h3-4H,2H2,1H3. The van der Waals surface area contributed by atoms with E-state index in [1.807, 2.05) is 0 Å². The van der Waals surface area contributed by atoms with E-state index in [4.69, 9.17) is 0 Å². The predicted molar refractivity (Wildman–Crippen MR) is 56.3 cm³/mol. The van der Waals surface area contributed by atoms with Crippen molar-refractivity contribution in [1.29, 1.82) is 0 Å². The van der Waals surface area contributed by atoms with Gasteiger partial charge in [-0.1, -0.05) is 15.9 Å². The molecule has 1 aromatic carbocycles. The van der Waals surface area contributed by atoms with Crippen molar-refractivity contribution in [3.05, 3.63) is 28.2 Å². The first-order chi connectivity index (χ1) is 8.27.